The topological polar surface area (TPSA) is 111 Å². The van der Waals surface area contributed by atoms with Gasteiger partial charge in [0.15, 0.2) is 0 Å². The monoisotopic (exact) mass is 263 g/mol. The molecule has 1 fully saturated rings. The SMILES string of the molecule is Nc1nc2c(CN3CCC[C@H]3CO)c[nH]c2c(=O)[nH]1. The predicted molar refractivity (Wildman–Crippen MR) is 71.6 cm³/mol. The number of nitrogen functional groups attached to an aromatic ring is 1. The highest BCUT2D eigenvalue weighted by Crippen LogP contribution is 2.22. The van der Waals surface area contributed by atoms with E-state index in [9.17, 15) is 9.90 Å². The molecule has 0 aliphatic carbocycles. The Bertz CT molecular complexity index is 647. The third-order valence-electron chi connectivity index (χ3n) is 3.72. The summed E-state index contributed by atoms with van der Waals surface area (Å²) in [6.45, 7) is 1.79. The molecule has 0 unspecified atom stereocenters. The van der Waals surface area contributed by atoms with Gasteiger partial charge in [-0.3, -0.25) is 14.7 Å². The van der Waals surface area contributed by atoms with E-state index in [1.54, 1.807) is 6.20 Å². The van der Waals surface area contributed by atoms with Crippen LogP contribution in [0.25, 0.3) is 11.0 Å². The standard InChI is InChI=1S/C12H17N5O2/c13-12-15-9-7(4-14-10(9)11(19)16-12)5-17-3-1-2-8(17)6-18/h4,8,14,18H,1-3,5-6H2,(H3,13,15,16,19)/t8-/m0/s1. The van der Waals surface area contributed by atoms with Gasteiger partial charge in [-0.2, -0.15) is 0 Å². The molecule has 1 aliphatic rings. The molecule has 3 rings (SSSR count). The van der Waals surface area contributed by atoms with Crippen LogP contribution in [0.1, 0.15) is 18.4 Å². The fraction of sp³-hybridized carbons (Fsp3) is 0.500. The minimum Gasteiger partial charge on any atom is -0.395 e. The number of nitrogens with one attached hydrogen (secondary N) is 2. The van der Waals surface area contributed by atoms with Gasteiger partial charge in [0, 0.05) is 24.3 Å². The van der Waals surface area contributed by atoms with Crippen molar-refractivity contribution >= 4 is 17.0 Å². The predicted octanol–water partition coefficient (Wildman–Crippen LogP) is -0.210. The van der Waals surface area contributed by atoms with Crippen molar-refractivity contribution in [3.8, 4) is 0 Å². The lowest BCUT2D eigenvalue weighted by Gasteiger charge is -2.21. The van der Waals surface area contributed by atoms with Crippen LogP contribution in [0.3, 0.4) is 0 Å². The van der Waals surface area contributed by atoms with Gasteiger partial charge in [0.2, 0.25) is 5.95 Å². The summed E-state index contributed by atoms with van der Waals surface area (Å²) in [5, 5.41) is 9.33. The molecule has 7 nitrogen and oxygen atoms in total. The van der Waals surface area contributed by atoms with Crippen molar-refractivity contribution in [2.75, 3.05) is 18.9 Å². The lowest BCUT2D eigenvalue weighted by atomic mass is 10.2. The largest absolute Gasteiger partial charge is 0.395 e. The zero-order valence-corrected chi connectivity index (χ0v) is 10.5. The van der Waals surface area contributed by atoms with E-state index in [-0.39, 0.29) is 24.2 Å². The number of aromatic nitrogens is 3. The van der Waals surface area contributed by atoms with Gasteiger partial charge < -0.3 is 15.8 Å². The van der Waals surface area contributed by atoms with Gasteiger partial charge in [-0.15, -0.1) is 0 Å². The summed E-state index contributed by atoms with van der Waals surface area (Å²) in [6.07, 6.45) is 3.89. The number of aromatic amines is 2. The number of rotatable bonds is 3. The molecule has 1 atom stereocenters. The number of nitrogens with zero attached hydrogens (tertiary/aromatic N) is 2. The molecule has 5 N–H and O–H groups in total. The zero-order valence-electron chi connectivity index (χ0n) is 10.5. The van der Waals surface area contributed by atoms with Gasteiger partial charge in [0.05, 0.1) is 6.61 Å². The molecule has 0 aromatic carbocycles. The quantitative estimate of drug-likeness (QED) is 0.612. The lowest BCUT2D eigenvalue weighted by molar-refractivity contribution is 0.154. The summed E-state index contributed by atoms with van der Waals surface area (Å²) in [5.41, 5.74) is 7.33. The van der Waals surface area contributed by atoms with E-state index in [0.29, 0.717) is 17.6 Å². The number of fused-ring (bicyclic) bond motifs is 1. The van der Waals surface area contributed by atoms with Crippen molar-refractivity contribution in [2.24, 2.45) is 0 Å². The first-order chi connectivity index (χ1) is 9.19. The Labute approximate surface area is 109 Å². The minimum absolute atomic E-state index is 0.124. The third-order valence-corrected chi connectivity index (χ3v) is 3.72. The lowest BCUT2D eigenvalue weighted by Crippen LogP contribution is -2.31. The first kappa shape index (κ1) is 12.2. The van der Waals surface area contributed by atoms with E-state index in [0.717, 1.165) is 24.9 Å². The van der Waals surface area contributed by atoms with Crippen LogP contribution < -0.4 is 11.3 Å². The Morgan fingerprint density at radius 3 is 3.21 bits per heavy atom. The maximum Gasteiger partial charge on any atom is 0.276 e. The number of H-pyrrole nitrogens is 2. The molecule has 0 spiro atoms. The average Bonchev–Trinajstić information content (AvgIpc) is 2.97. The summed E-state index contributed by atoms with van der Waals surface area (Å²) < 4.78 is 0. The van der Waals surface area contributed by atoms with Gasteiger partial charge in [-0.25, -0.2) is 4.98 Å². The second kappa shape index (κ2) is 4.67. The molecule has 7 heteroatoms. The molecule has 19 heavy (non-hydrogen) atoms. The highest BCUT2D eigenvalue weighted by Gasteiger charge is 2.24. The van der Waals surface area contributed by atoms with Crippen LogP contribution in [0, 0.1) is 0 Å². The molecule has 0 bridgehead atoms. The van der Waals surface area contributed by atoms with Crippen LogP contribution in [-0.2, 0) is 6.54 Å². The van der Waals surface area contributed by atoms with Gasteiger partial charge in [0.1, 0.15) is 11.0 Å². The highest BCUT2D eigenvalue weighted by atomic mass is 16.3. The number of likely N-dealkylation sites (tertiary alicyclic amines) is 1. The van der Waals surface area contributed by atoms with Crippen LogP contribution in [0.4, 0.5) is 5.95 Å². The number of hydrogen-bond donors (Lipinski definition) is 4. The van der Waals surface area contributed by atoms with Crippen LogP contribution in [0.15, 0.2) is 11.0 Å². The van der Waals surface area contributed by atoms with Crippen LogP contribution in [0.5, 0.6) is 0 Å². The first-order valence-electron chi connectivity index (χ1n) is 6.39. The molecule has 2 aromatic rings. The van der Waals surface area contributed by atoms with E-state index in [4.69, 9.17) is 5.73 Å². The number of aliphatic hydroxyl groups is 1. The Hall–Kier alpha value is -1.86. The van der Waals surface area contributed by atoms with Crippen LogP contribution >= 0.6 is 0 Å². The molecule has 1 saturated heterocycles. The van der Waals surface area contributed by atoms with E-state index in [1.165, 1.54) is 0 Å². The molecule has 0 saturated carbocycles. The van der Waals surface area contributed by atoms with E-state index < -0.39 is 0 Å². The van der Waals surface area contributed by atoms with Crippen molar-refractivity contribution < 1.29 is 5.11 Å². The summed E-state index contributed by atoms with van der Waals surface area (Å²) in [6, 6.07) is 0.198. The van der Waals surface area contributed by atoms with Crippen molar-refractivity contribution in [3.05, 3.63) is 22.1 Å². The Morgan fingerprint density at radius 2 is 2.42 bits per heavy atom. The molecular weight excluding hydrogens is 246 g/mol. The van der Waals surface area contributed by atoms with Crippen LogP contribution in [0.2, 0.25) is 0 Å². The molecular formula is C12H17N5O2. The van der Waals surface area contributed by atoms with Gasteiger partial charge in [0.25, 0.3) is 5.56 Å². The maximum absolute atomic E-state index is 11.7. The highest BCUT2D eigenvalue weighted by molar-refractivity contribution is 5.78. The molecule has 102 valence electrons. The normalized spacial score (nSPS) is 20.4. The number of nitrogens with two attached hydrogens (primary N) is 1. The average molecular weight is 263 g/mol. The molecule has 0 amide bonds. The second-order valence-electron chi connectivity index (χ2n) is 4.94. The van der Waals surface area contributed by atoms with Gasteiger partial charge in [-0.05, 0) is 19.4 Å². The Kier molecular flexibility index (Phi) is 3.00. The number of hydrogen-bond acceptors (Lipinski definition) is 5. The number of aliphatic hydroxyl groups excluding tert-OH is 1. The van der Waals surface area contributed by atoms with Crippen LogP contribution in [-0.4, -0.2) is 44.2 Å². The summed E-state index contributed by atoms with van der Waals surface area (Å²) in [4.78, 5) is 23.5. The molecule has 1 aliphatic heterocycles. The van der Waals surface area contributed by atoms with Crippen molar-refractivity contribution in [1.29, 1.82) is 0 Å². The minimum atomic E-state index is -0.256. The van der Waals surface area contributed by atoms with Crippen molar-refractivity contribution in [3.63, 3.8) is 0 Å². The van der Waals surface area contributed by atoms with Gasteiger partial charge >= 0.3 is 0 Å². The van der Waals surface area contributed by atoms with E-state index in [1.807, 2.05) is 0 Å². The smallest absolute Gasteiger partial charge is 0.276 e. The first-order valence-corrected chi connectivity index (χ1v) is 6.39. The van der Waals surface area contributed by atoms with E-state index >= 15 is 0 Å². The summed E-state index contributed by atoms with van der Waals surface area (Å²) >= 11 is 0. The fourth-order valence-corrected chi connectivity index (χ4v) is 2.73. The third kappa shape index (κ3) is 2.11. The molecule has 3 heterocycles. The Morgan fingerprint density at radius 1 is 1.58 bits per heavy atom. The fourth-order valence-electron chi connectivity index (χ4n) is 2.73. The van der Waals surface area contributed by atoms with E-state index in [2.05, 4.69) is 19.9 Å². The van der Waals surface area contributed by atoms with Crippen molar-refractivity contribution in [2.45, 2.75) is 25.4 Å². The maximum atomic E-state index is 11.7. The molecule has 0 radical (unpaired) electrons. The summed E-state index contributed by atoms with van der Waals surface area (Å²) in [7, 11) is 0. The Balaban J connectivity index is 1.95. The zero-order chi connectivity index (χ0) is 13.4. The second-order valence-corrected chi connectivity index (χ2v) is 4.94. The van der Waals surface area contributed by atoms with Crippen molar-refractivity contribution in [1.82, 2.24) is 19.9 Å². The van der Waals surface area contributed by atoms with Gasteiger partial charge in [-0.1, -0.05) is 0 Å². The summed E-state index contributed by atoms with van der Waals surface area (Å²) in [5.74, 6) is 0.124. The molecule has 2 aromatic heterocycles. The number of anilines is 1.